The summed E-state index contributed by atoms with van der Waals surface area (Å²) in [4.78, 5) is 33.8. The standard InChI is InChI=1S/C21H28N6O4/c1-6-15-22-19(31-25-15)17-12(2)24-27-14(11-16(28)23-18(17)27)13-7-9-26(10-8-13)20(29)30-21(3,4)5/h11,13H,6-10H2,1-5H3,(H,23,28). The second kappa shape index (κ2) is 7.82. The number of piperidine rings is 1. The van der Waals surface area contributed by atoms with Crippen LogP contribution in [0.25, 0.3) is 17.1 Å². The number of nitrogens with one attached hydrogen (secondary N) is 1. The average molecular weight is 428 g/mol. The van der Waals surface area contributed by atoms with Gasteiger partial charge in [0.2, 0.25) is 0 Å². The number of hydrogen-bond donors (Lipinski definition) is 1. The first-order valence-corrected chi connectivity index (χ1v) is 10.6. The number of carbonyl (C=O) groups is 1. The number of rotatable bonds is 3. The fraction of sp³-hybridized carbons (Fsp3) is 0.571. The van der Waals surface area contributed by atoms with Gasteiger partial charge >= 0.3 is 6.09 Å². The van der Waals surface area contributed by atoms with Gasteiger partial charge in [0.1, 0.15) is 16.8 Å². The van der Waals surface area contributed by atoms with Crippen molar-refractivity contribution in [1.82, 2.24) is 29.6 Å². The average Bonchev–Trinajstić information content (AvgIpc) is 3.29. The van der Waals surface area contributed by atoms with Crippen molar-refractivity contribution in [2.45, 2.75) is 65.4 Å². The molecule has 0 aliphatic carbocycles. The Kier molecular flexibility index (Phi) is 5.32. The minimum Gasteiger partial charge on any atom is -0.444 e. The smallest absolute Gasteiger partial charge is 0.410 e. The third-order valence-electron chi connectivity index (χ3n) is 5.39. The Labute approximate surface area is 179 Å². The molecule has 3 aromatic rings. The maximum atomic E-state index is 12.5. The van der Waals surface area contributed by atoms with Crippen LogP contribution in [0.1, 0.15) is 63.7 Å². The Balaban J connectivity index is 1.63. The van der Waals surface area contributed by atoms with E-state index in [2.05, 4.69) is 20.2 Å². The molecule has 0 spiro atoms. The molecule has 0 bridgehead atoms. The maximum Gasteiger partial charge on any atom is 0.410 e. The van der Waals surface area contributed by atoms with Gasteiger partial charge in [-0.05, 0) is 40.5 Å². The van der Waals surface area contributed by atoms with Crippen molar-refractivity contribution in [2.24, 2.45) is 0 Å². The van der Waals surface area contributed by atoms with E-state index in [0.29, 0.717) is 61.0 Å². The number of carbonyl (C=O) groups excluding carboxylic acids is 1. The highest BCUT2D eigenvalue weighted by molar-refractivity contribution is 5.74. The van der Waals surface area contributed by atoms with Gasteiger partial charge in [0.15, 0.2) is 5.82 Å². The first-order chi connectivity index (χ1) is 14.7. The number of likely N-dealkylation sites (tertiary alicyclic amines) is 1. The molecule has 1 N–H and O–H groups in total. The Bertz CT molecular complexity index is 1160. The third-order valence-corrected chi connectivity index (χ3v) is 5.39. The van der Waals surface area contributed by atoms with E-state index >= 15 is 0 Å². The summed E-state index contributed by atoms with van der Waals surface area (Å²) >= 11 is 0. The van der Waals surface area contributed by atoms with Gasteiger partial charge in [-0.25, -0.2) is 9.31 Å². The number of fused-ring (bicyclic) bond motifs is 1. The predicted octanol–water partition coefficient (Wildman–Crippen LogP) is 3.06. The zero-order chi connectivity index (χ0) is 22.3. The summed E-state index contributed by atoms with van der Waals surface area (Å²) in [5.74, 6) is 1.03. The second-order valence-corrected chi connectivity index (χ2v) is 8.89. The lowest BCUT2D eigenvalue weighted by Gasteiger charge is -2.33. The minimum atomic E-state index is -0.526. The van der Waals surface area contributed by atoms with Gasteiger partial charge in [-0.1, -0.05) is 12.1 Å². The molecule has 4 rings (SSSR count). The molecule has 0 atom stereocenters. The molecule has 0 aromatic carbocycles. The SMILES string of the molecule is CCc1noc(-c2c(C)nn3c(C4CCN(C(=O)OC(C)(C)C)CC4)cc(=O)[nH]c23)n1. The number of nitrogens with zero attached hydrogens (tertiary/aromatic N) is 5. The molecule has 1 amide bonds. The van der Waals surface area contributed by atoms with Crippen molar-refractivity contribution in [2.75, 3.05) is 13.1 Å². The van der Waals surface area contributed by atoms with E-state index in [1.165, 1.54) is 0 Å². The van der Waals surface area contributed by atoms with E-state index < -0.39 is 5.60 Å². The van der Waals surface area contributed by atoms with Crippen molar-refractivity contribution < 1.29 is 14.1 Å². The monoisotopic (exact) mass is 428 g/mol. The van der Waals surface area contributed by atoms with E-state index in [9.17, 15) is 9.59 Å². The number of hydrogen-bond acceptors (Lipinski definition) is 7. The lowest BCUT2D eigenvalue weighted by molar-refractivity contribution is 0.0203. The number of aromatic amines is 1. The van der Waals surface area contributed by atoms with Crippen molar-refractivity contribution in [3.63, 3.8) is 0 Å². The molecule has 0 saturated carbocycles. The summed E-state index contributed by atoms with van der Waals surface area (Å²) in [5.41, 5.74) is 1.95. The Hall–Kier alpha value is -3.17. The summed E-state index contributed by atoms with van der Waals surface area (Å²) in [6.45, 7) is 10.5. The van der Waals surface area contributed by atoms with E-state index in [0.717, 1.165) is 5.69 Å². The lowest BCUT2D eigenvalue weighted by Crippen LogP contribution is -2.41. The van der Waals surface area contributed by atoms with Crippen LogP contribution >= 0.6 is 0 Å². The summed E-state index contributed by atoms with van der Waals surface area (Å²) in [6.07, 6.45) is 1.78. The van der Waals surface area contributed by atoms with Crippen LogP contribution in [0.2, 0.25) is 0 Å². The third kappa shape index (κ3) is 4.19. The highest BCUT2D eigenvalue weighted by Crippen LogP contribution is 2.31. The molecule has 31 heavy (non-hydrogen) atoms. The fourth-order valence-electron chi connectivity index (χ4n) is 3.91. The zero-order valence-electron chi connectivity index (χ0n) is 18.6. The fourth-order valence-corrected chi connectivity index (χ4v) is 3.91. The number of H-pyrrole nitrogens is 1. The van der Waals surface area contributed by atoms with Gasteiger partial charge < -0.3 is 19.1 Å². The summed E-state index contributed by atoms with van der Waals surface area (Å²) < 4.78 is 12.6. The summed E-state index contributed by atoms with van der Waals surface area (Å²) in [6, 6.07) is 1.59. The normalized spacial score (nSPS) is 15.6. The first-order valence-electron chi connectivity index (χ1n) is 10.6. The molecule has 0 radical (unpaired) electrons. The maximum absolute atomic E-state index is 12.5. The molecule has 1 saturated heterocycles. The predicted molar refractivity (Wildman–Crippen MR) is 113 cm³/mol. The number of ether oxygens (including phenoxy) is 1. The largest absolute Gasteiger partial charge is 0.444 e. The van der Waals surface area contributed by atoms with Gasteiger partial charge in [-0.3, -0.25) is 4.79 Å². The van der Waals surface area contributed by atoms with Crippen LogP contribution < -0.4 is 5.56 Å². The molecular weight excluding hydrogens is 400 g/mol. The number of aryl methyl sites for hydroxylation is 2. The summed E-state index contributed by atoms with van der Waals surface area (Å²) in [5, 5.41) is 8.62. The van der Waals surface area contributed by atoms with Crippen molar-refractivity contribution >= 4 is 11.7 Å². The van der Waals surface area contributed by atoms with Crippen LogP contribution in [0.15, 0.2) is 15.4 Å². The van der Waals surface area contributed by atoms with E-state index in [1.807, 2.05) is 34.6 Å². The topological polar surface area (TPSA) is 119 Å². The Morgan fingerprint density at radius 2 is 2.03 bits per heavy atom. The van der Waals surface area contributed by atoms with Crippen LogP contribution in [0.4, 0.5) is 4.79 Å². The molecule has 166 valence electrons. The van der Waals surface area contributed by atoms with Gasteiger partial charge in [0.05, 0.1) is 11.4 Å². The van der Waals surface area contributed by atoms with Crippen LogP contribution in [-0.2, 0) is 11.2 Å². The quantitative estimate of drug-likeness (QED) is 0.681. The summed E-state index contributed by atoms with van der Waals surface area (Å²) in [7, 11) is 0. The van der Waals surface area contributed by atoms with Gasteiger partial charge in [0, 0.05) is 31.5 Å². The lowest BCUT2D eigenvalue weighted by atomic mass is 9.93. The van der Waals surface area contributed by atoms with Gasteiger partial charge in [-0.2, -0.15) is 10.1 Å². The molecule has 3 aromatic heterocycles. The molecule has 1 fully saturated rings. The first kappa shape index (κ1) is 21.1. The van der Waals surface area contributed by atoms with E-state index in [1.54, 1.807) is 15.5 Å². The molecule has 1 aliphatic rings. The Morgan fingerprint density at radius 1 is 1.32 bits per heavy atom. The molecule has 10 heteroatoms. The van der Waals surface area contributed by atoms with Crippen LogP contribution in [-0.4, -0.2) is 54.4 Å². The van der Waals surface area contributed by atoms with Crippen molar-refractivity contribution in [1.29, 1.82) is 0 Å². The molecule has 4 heterocycles. The highest BCUT2D eigenvalue weighted by atomic mass is 16.6. The van der Waals surface area contributed by atoms with Gasteiger partial charge in [0.25, 0.3) is 11.4 Å². The van der Waals surface area contributed by atoms with Crippen LogP contribution in [0.3, 0.4) is 0 Å². The number of amides is 1. The molecule has 0 unspecified atom stereocenters. The molecule has 10 nitrogen and oxygen atoms in total. The molecule has 1 aliphatic heterocycles. The van der Waals surface area contributed by atoms with Crippen LogP contribution in [0, 0.1) is 6.92 Å². The second-order valence-electron chi connectivity index (χ2n) is 8.89. The van der Waals surface area contributed by atoms with E-state index in [4.69, 9.17) is 9.26 Å². The molecular formula is C21H28N6O4. The number of aromatic nitrogens is 5. The minimum absolute atomic E-state index is 0.0875. The van der Waals surface area contributed by atoms with Crippen LogP contribution in [0.5, 0.6) is 0 Å². The zero-order valence-corrected chi connectivity index (χ0v) is 18.6. The van der Waals surface area contributed by atoms with Gasteiger partial charge in [-0.15, -0.1) is 0 Å². The van der Waals surface area contributed by atoms with Crippen molar-refractivity contribution in [3.05, 3.63) is 33.6 Å². The van der Waals surface area contributed by atoms with E-state index in [-0.39, 0.29) is 17.6 Å². The Morgan fingerprint density at radius 3 is 2.65 bits per heavy atom. The highest BCUT2D eigenvalue weighted by Gasteiger charge is 2.30. The van der Waals surface area contributed by atoms with Crippen molar-refractivity contribution in [3.8, 4) is 11.5 Å².